The van der Waals surface area contributed by atoms with E-state index in [2.05, 4.69) is 4.98 Å². The lowest BCUT2D eigenvalue weighted by atomic mass is 10.1. The van der Waals surface area contributed by atoms with Gasteiger partial charge in [0.05, 0.1) is 35.9 Å². The molecule has 3 aromatic rings. The van der Waals surface area contributed by atoms with Gasteiger partial charge in [-0.1, -0.05) is 6.07 Å². The number of hydrogen-bond donors (Lipinski definition) is 1. The van der Waals surface area contributed by atoms with Gasteiger partial charge in [-0.05, 0) is 47.9 Å². The smallest absolute Gasteiger partial charge is 0.261 e. The number of ether oxygens (including phenoxy) is 1. The summed E-state index contributed by atoms with van der Waals surface area (Å²) in [6.07, 6.45) is 0.0509. The Morgan fingerprint density at radius 1 is 1.00 bits per heavy atom. The number of carbonyl (C=O) groups excluding carboxylic acids is 4. The molecule has 2 aromatic carbocycles. The Labute approximate surface area is 169 Å². The van der Waals surface area contributed by atoms with Crippen LogP contribution in [0.15, 0.2) is 36.4 Å². The molecule has 0 spiro atoms. The molecular formula is C21H14N2O7-2. The first-order valence-corrected chi connectivity index (χ1v) is 8.93. The third-order valence-corrected chi connectivity index (χ3v) is 5.11. The second kappa shape index (κ2) is 7.03. The highest BCUT2D eigenvalue weighted by atomic mass is 16.5. The maximum atomic E-state index is 12.7. The fourth-order valence-corrected chi connectivity index (χ4v) is 3.63. The maximum absolute atomic E-state index is 12.7. The molecule has 2 amide bonds. The summed E-state index contributed by atoms with van der Waals surface area (Å²) in [7, 11) is 1.48. The molecule has 0 atom stereocenters. The van der Waals surface area contributed by atoms with Crippen LogP contribution in [0.1, 0.15) is 47.1 Å². The van der Waals surface area contributed by atoms with Crippen molar-refractivity contribution in [1.29, 1.82) is 0 Å². The summed E-state index contributed by atoms with van der Waals surface area (Å²) in [5, 5.41) is 23.2. The van der Waals surface area contributed by atoms with Crippen molar-refractivity contribution in [2.24, 2.45) is 0 Å². The number of methoxy groups -OCH3 is 1. The highest BCUT2D eigenvalue weighted by Gasteiger charge is 2.35. The zero-order valence-electron chi connectivity index (χ0n) is 15.7. The summed E-state index contributed by atoms with van der Waals surface area (Å²) >= 11 is 0. The lowest BCUT2D eigenvalue weighted by Gasteiger charge is -2.14. The second-order valence-electron chi connectivity index (χ2n) is 6.74. The van der Waals surface area contributed by atoms with Crippen molar-refractivity contribution in [3.8, 4) is 5.75 Å². The van der Waals surface area contributed by atoms with Crippen LogP contribution in [0, 0.1) is 0 Å². The van der Waals surface area contributed by atoms with Crippen LogP contribution in [0.2, 0.25) is 0 Å². The summed E-state index contributed by atoms with van der Waals surface area (Å²) in [4.78, 5) is 51.6. The molecule has 0 saturated carbocycles. The van der Waals surface area contributed by atoms with E-state index >= 15 is 0 Å². The molecule has 0 aliphatic carbocycles. The number of nitrogens with one attached hydrogen (secondary N) is 1. The minimum atomic E-state index is -1.46. The number of fused-ring (bicyclic) bond motifs is 2. The van der Waals surface area contributed by atoms with Crippen molar-refractivity contribution in [3.63, 3.8) is 0 Å². The predicted molar refractivity (Wildman–Crippen MR) is 99.0 cm³/mol. The van der Waals surface area contributed by atoms with Crippen molar-refractivity contribution in [2.75, 3.05) is 13.7 Å². The summed E-state index contributed by atoms with van der Waals surface area (Å²) in [6, 6.07) is 8.55. The SMILES string of the molecule is COc1ccc2[nH]c(C(=O)[O-])c(CCN3C(=O)c4ccc(C(=O)[O-])cc4C3=O)c2c1. The van der Waals surface area contributed by atoms with Gasteiger partial charge < -0.3 is 29.5 Å². The molecule has 0 radical (unpaired) electrons. The third-order valence-electron chi connectivity index (χ3n) is 5.11. The van der Waals surface area contributed by atoms with Gasteiger partial charge in [0.1, 0.15) is 5.75 Å². The fourth-order valence-electron chi connectivity index (χ4n) is 3.63. The average Bonchev–Trinajstić information content (AvgIpc) is 3.21. The Hall–Kier alpha value is -4.14. The normalized spacial score (nSPS) is 13.0. The molecule has 2 heterocycles. The van der Waals surface area contributed by atoms with Gasteiger partial charge >= 0.3 is 0 Å². The number of nitrogens with zero attached hydrogens (tertiary/aromatic N) is 1. The van der Waals surface area contributed by atoms with E-state index in [9.17, 15) is 29.4 Å². The maximum Gasteiger partial charge on any atom is 0.261 e. The van der Waals surface area contributed by atoms with Gasteiger partial charge in [0.15, 0.2) is 0 Å². The number of H-pyrrole nitrogens is 1. The zero-order valence-corrected chi connectivity index (χ0v) is 15.7. The first kappa shape index (κ1) is 19.2. The lowest BCUT2D eigenvalue weighted by Crippen LogP contribution is -2.32. The molecule has 0 saturated heterocycles. The van der Waals surface area contributed by atoms with Crippen LogP contribution >= 0.6 is 0 Å². The van der Waals surface area contributed by atoms with E-state index in [0.717, 1.165) is 11.0 Å². The standard InChI is InChI=1S/C21H16N2O7/c1-30-11-3-5-16-14(9-11)12(17(22-16)21(28)29)6-7-23-18(24)13-4-2-10(20(26)27)8-15(13)19(23)25/h2-5,8-9,22H,6-7H2,1H3,(H,26,27)(H,28,29)/p-2. The minimum absolute atomic E-state index is 0.0255. The molecule has 0 bridgehead atoms. The molecule has 1 aliphatic heterocycles. The van der Waals surface area contributed by atoms with Crippen LogP contribution in [0.3, 0.4) is 0 Å². The highest BCUT2D eigenvalue weighted by molar-refractivity contribution is 6.22. The number of aromatic nitrogens is 1. The van der Waals surface area contributed by atoms with E-state index in [1.54, 1.807) is 18.2 Å². The molecule has 152 valence electrons. The Kier molecular flexibility index (Phi) is 4.50. The van der Waals surface area contributed by atoms with E-state index in [1.807, 2.05) is 0 Å². The van der Waals surface area contributed by atoms with Gasteiger partial charge in [-0.15, -0.1) is 0 Å². The van der Waals surface area contributed by atoms with Crippen LogP contribution in [-0.2, 0) is 6.42 Å². The first-order chi connectivity index (χ1) is 14.3. The topological polar surface area (TPSA) is 143 Å². The largest absolute Gasteiger partial charge is 0.545 e. The summed E-state index contributed by atoms with van der Waals surface area (Å²) in [5.41, 5.74) is 0.629. The quantitative estimate of drug-likeness (QED) is 0.556. The summed E-state index contributed by atoms with van der Waals surface area (Å²) in [6.45, 7) is -0.0998. The molecule has 1 aliphatic rings. The van der Waals surface area contributed by atoms with E-state index in [0.29, 0.717) is 22.2 Å². The average molecular weight is 406 g/mol. The third kappa shape index (κ3) is 2.96. The van der Waals surface area contributed by atoms with Gasteiger partial charge in [-0.2, -0.15) is 0 Å². The number of amides is 2. The molecule has 0 fully saturated rings. The van der Waals surface area contributed by atoms with Crippen LogP contribution < -0.4 is 14.9 Å². The molecule has 1 N–H and O–H groups in total. The number of hydrogen-bond acceptors (Lipinski definition) is 7. The second-order valence-corrected chi connectivity index (χ2v) is 6.74. The number of benzene rings is 2. The number of carboxylic acids is 2. The van der Waals surface area contributed by atoms with Gasteiger partial charge in [0, 0.05) is 17.4 Å². The van der Waals surface area contributed by atoms with Crippen LogP contribution in [0.4, 0.5) is 0 Å². The predicted octanol–water partition coefficient (Wildman–Crippen LogP) is -0.258. The lowest BCUT2D eigenvalue weighted by molar-refractivity contribution is -0.256. The minimum Gasteiger partial charge on any atom is -0.545 e. The summed E-state index contributed by atoms with van der Waals surface area (Å²) in [5.74, 6) is -3.58. The number of aromatic amines is 1. The van der Waals surface area contributed by atoms with E-state index in [-0.39, 0.29) is 35.3 Å². The number of carbonyl (C=O) groups is 4. The van der Waals surface area contributed by atoms with Crippen LogP contribution in [0.5, 0.6) is 5.75 Å². The molecular weight excluding hydrogens is 392 g/mol. The molecule has 0 unspecified atom stereocenters. The Balaban J connectivity index is 1.66. The van der Waals surface area contributed by atoms with Gasteiger partial charge in [0.25, 0.3) is 11.8 Å². The van der Waals surface area contributed by atoms with E-state index in [4.69, 9.17) is 4.74 Å². The number of imide groups is 1. The number of aromatic carboxylic acids is 2. The Morgan fingerprint density at radius 2 is 1.73 bits per heavy atom. The molecule has 4 rings (SSSR count). The molecule has 9 heteroatoms. The number of carboxylic acid groups (broad SMARTS) is 2. The first-order valence-electron chi connectivity index (χ1n) is 8.93. The van der Waals surface area contributed by atoms with Crippen molar-refractivity contribution in [1.82, 2.24) is 9.88 Å². The van der Waals surface area contributed by atoms with Crippen molar-refractivity contribution in [2.45, 2.75) is 6.42 Å². The van der Waals surface area contributed by atoms with Crippen molar-refractivity contribution < 1.29 is 34.1 Å². The Bertz CT molecular complexity index is 1240. The Morgan fingerprint density at radius 3 is 2.40 bits per heavy atom. The van der Waals surface area contributed by atoms with Crippen molar-refractivity contribution >= 4 is 34.7 Å². The monoisotopic (exact) mass is 406 g/mol. The zero-order chi connectivity index (χ0) is 21.6. The summed E-state index contributed by atoms with van der Waals surface area (Å²) < 4.78 is 5.18. The fraction of sp³-hybridized carbons (Fsp3) is 0.143. The molecule has 9 nitrogen and oxygen atoms in total. The van der Waals surface area contributed by atoms with Gasteiger partial charge in [-0.25, -0.2) is 0 Å². The molecule has 1 aromatic heterocycles. The number of rotatable bonds is 6. The van der Waals surface area contributed by atoms with Crippen LogP contribution in [-0.4, -0.2) is 47.3 Å². The highest BCUT2D eigenvalue weighted by Crippen LogP contribution is 2.29. The van der Waals surface area contributed by atoms with E-state index in [1.165, 1.54) is 19.2 Å². The van der Waals surface area contributed by atoms with Crippen LogP contribution in [0.25, 0.3) is 10.9 Å². The van der Waals surface area contributed by atoms with Gasteiger partial charge in [0.2, 0.25) is 0 Å². The van der Waals surface area contributed by atoms with E-state index < -0.39 is 23.8 Å². The van der Waals surface area contributed by atoms with Gasteiger partial charge in [-0.3, -0.25) is 14.5 Å². The van der Waals surface area contributed by atoms with Crippen molar-refractivity contribution in [3.05, 3.63) is 64.3 Å². The molecule has 30 heavy (non-hydrogen) atoms.